The third-order valence-corrected chi connectivity index (χ3v) is 5.68. The second kappa shape index (κ2) is 8.45. The quantitative estimate of drug-likeness (QED) is 0.559. The Morgan fingerprint density at radius 2 is 1.87 bits per heavy atom. The molecule has 3 aromatic rings. The van der Waals surface area contributed by atoms with Crippen molar-refractivity contribution >= 4 is 35.2 Å². The Hall–Kier alpha value is -3.29. The predicted octanol–water partition coefficient (Wildman–Crippen LogP) is 4.65. The molecular weight excluding hydrogens is 439 g/mol. The highest BCUT2D eigenvalue weighted by molar-refractivity contribution is 6.42. The molecule has 7 nitrogen and oxygen atoms in total. The van der Waals surface area contributed by atoms with Crippen molar-refractivity contribution in [2.75, 3.05) is 7.11 Å². The van der Waals surface area contributed by atoms with Gasteiger partial charge >= 0.3 is 12.0 Å². The molecular formula is C22H18Cl2N4O3. The summed E-state index contributed by atoms with van der Waals surface area (Å²) in [6.07, 6.45) is 1.78. The lowest BCUT2D eigenvalue weighted by Gasteiger charge is -2.27. The van der Waals surface area contributed by atoms with E-state index in [2.05, 4.69) is 10.6 Å². The first-order valence-corrected chi connectivity index (χ1v) is 10.1. The van der Waals surface area contributed by atoms with Crippen molar-refractivity contribution in [3.05, 3.63) is 81.6 Å². The van der Waals surface area contributed by atoms with E-state index in [0.717, 1.165) is 5.69 Å². The first-order chi connectivity index (χ1) is 14.9. The van der Waals surface area contributed by atoms with Gasteiger partial charge in [-0.3, -0.25) is 0 Å². The molecule has 0 bridgehead atoms. The second-order valence-corrected chi connectivity index (χ2v) is 7.72. The van der Waals surface area contributed by atoms with Gasteiger partial charge in [-0.05, 0) is 31.2 Å². The van der Waals surface area contributed by atoms with E-state index in [4.69, 9.17) is 33.0 Å². The largest absolute Gasteiger partial charge is 0.466 e. The Morgan fingerprint density at radius 3 is 2.55 bits per heavy atom. The van der Waals surface area contributed by atoms with E-state index in [1.807, 2.05) is 30.3 Å². The smallest absolute Gasteiger partial charge is 0.337 e. The lowest BCUT2D eigenvalue weighted by Crippen LogP contribution is -2.45. The number of methoxy groups -OCH3 is 1. The summed E-state index contributed by atoms with van der Waals surface area (Å²) < 4.78 is 6.65. The molecule has 1 atom stereocenters. The lowest BCUT2D eigenvalue weighted by atomic mass is 9.94. The van der Waals surface area contributed by atoms with Crippen LogP contribution >= 0.6 is 23.2 Å². The molecule has 2 aromatic carbocycles. The topological polar surface area (TPSA) is 85.2 Å². The highest BCUT2D eigenvalue weighted by atomic mass is 35.5. The van der Waals surface area contributed by atoms with Crippen LogP contribution in [0.3, 0.4) is 0 Å². The standard InChI is InChI=1S/C22H18Cl2N4O3/c1-12-18(21(29)31-2)20(26-22(30)25-12)15-11-28(14-6-4-3-5-7-14)27-19(15)13-8-9-16(23)17(24)10-13/h3-11,20H,1-2H3,(H2,25,26,30). The van der Waals surface area contributed by atoms with Crippen molar-refractivity contribution in [3.8, 4) is 16.9 Å². The number of ether oxygens (including phenoxy) is 1. The zero-order valence-corrected chi connectivity index (χ0v) is 18.2. The molecule has 9 heteroatoms. The minimum Gasteiger partial charge on any atom is -0.466 e. The summed E-state index contributed by atoms with van der Waals surface area (Å²) in [5.74, 6) is -0.553. The molecule has 2 N–H and O–H groups in total. The number of allylic oxidation sites excluding steroid dienone is 1. The molecule has 0 aliphatic carbocycles. The number of hydrogen-bond acceptors (Lipinski definition) is 4. The summed E-state index contributed by atoms with van der Waals surface area (Å²) >= 11 is 12.3. The molecule has 2 amide bonds. The highest BCUT2D eigenvalue weighted by Crippen LogP contribution is 2.36. The lowest BCUT2D eigenvalue weighted by molar-refractivity contribution is -0.136. The van der Waals surface area contributed by atoms with Gasteiger partial charge < -0.3 is 15.4 Å². The zero-order valence-electron chi connectivity index (χ0n) is 16.6. The fourth-order valence-corrected chi connectivity index (χ4v) is 3.79. The minimum atomic E-state index is -0.775. The van der Waals surface area contributed by atoms with Gasteiger partial charge in [-0.15, -0.1) is 0 Å². The number of halogens is 2. The number of carbonyl (C=O) groups excluding carboxylic acids is 2. The molecule has 0 spiro atoms. The average Bonchev–Trinajstić information content (AvgIpc) is 3.20. The number of benzene rings is 2. The number of carbonyl (C=O) groups is 2. The number of rotatable bonds is 4. The van der Waals surface area contributed by atoms with Crippen LogP contribution in [-0.2, 0) is 9.53 Å². The fraction of sp³-hybridized carbons (Fsp3) is 0.136. The van der Waals surface area contributed by atoms with Crippen LogP contribution in [0.4, 0.5) is 4.79 Å². The maximum Gasteiger partial charge on any atom is 0.337 e. The van der Waals surface area contributed by atoms with Crippen LogP contribution < -0.4 is 10.6 Å². The molecule has 1 unspecified atom stereocenters. The Balaban J connectivity index is 1.94. The first kappa shape index (κ1) is 21.0. The summed E-state index contributed by atoms with van der Waals surface area (Å²) in [5.41, 5.74) is 3.36. The van der Waals surface area contributed by atoms with Gasteiger partial charge in [0.1, 0.15) is 0 Å². The monoisotopic (exact) mass is 456 g/mol. The number of nitrogens with one attached hydrogen (secondary N) is 2. The molecule has 0 radical (unpaired) electrons. The van der Waals surface area contributed by atoms with Crippen molar-refractivity contribution in [3.63, 3.8) is 0 Å². The maximum atomic E-state index is 12.6. The van der Waals surface area contributed by atoms with Gasteiger partial charge in [-0.1, -0.05) is 47.5 Å². The summed E-state index contributed by atoms with van der Waals surface area (Å²) in [6.45, 7) is 1.65. The average molecular weight is 457 g/mol. The van der Waals surface area contributed by atoms with Gasteiger partial charge in [0.25, 0.3) is 0 Å². The number of urea groups is 1. The van der Waals surface area contributed by atoms with Gasteiger partial charge in [0.2, 0.25) is 0 Å². The second-order valence-electron chi connectivity index (χ2n) is 6.90. The van der Waals surface area contributed by atoms with Crippen LogP contribution in [0.5, 0.6) is 0 Å². The van der Waals surface area contributed by atoms with Crippen LogP contribution in [0.2, 0.25) is 10.0 Å². The molecule has 2 heterocycles. The van der Waals surface area contributed by atoms with E-state index >= 15 is 0 Å². The highest BCUT2D eigenvalue weighted by Gasteiger charge is 2.35. The molecule has 1 aliphatic rings. The summed E-state index contributed by atoms with van der Waals surface area (Å²) in [7, 11) is 1.30. The number of hydrogen-bond donors (Lipinski definition) is 2. The Morgan fingerprint density at radius 1 is 1.13 bits per heavy atom. The van der Waals surface area contributed by atoms with Gasteiger partial charge in [-0.2, -0.15) is 5.10 Å². The molecule has 158 valence electrons. The summed E-state index contributed by atoms with van der Waals surface area (Å²) in [4.78, 5) is 24.8. The van der Waals surface area contributed by atoms with Gasteiger partial charge in [-0.25, -0.2) is 14.3 Å². The molecule has 1 aliphatic heterocycles. The Bertz CT molecular complexity index is 1200. The van der Waals surface area contributed by atoms with Crippen molar-refractivity contribution in [2.24, 2.45) is 0 Å². The van der Waals surface area contributed by atoms with Crippen LogP contribution in [0, 0.1) is 0 Å². The van der Waals surface area contributed by atoms with Crippen LogP contribution in [0.1, 0.15) is 18.5 Å². The van der Waals surface area contributed by atoms with E-state index in [0.29, 0.717) is 32.6 Å². The van der Waals surface area contributed by atoms with Crippen LogP contribution in [0.25, 0.3) is 16.9 Å². The van der Waals surface area contributed by atoms with E-state index in [1.54, 1.807) is 36.0 Å². The number of nitrogens with zero attached hydrogens (tertiary/aromatic N) is 2. The Labute approximate surface area is 188 Å². The summed E-state index contributed by atoms with van der Waals surface area (Å²) in [6, 6.07) is 13.4. The van der Waals surface area contributed by atoms with E-state index < -0.39 is 18.0 Å². The molecule has 0 saturated carbocycles. The van der Waals surface area contributed by atoms with Gasteiger partial charge in [0.15, 0.2) is 0 Å². The SMILES string of the molecule is COC(=O)C1=C(C)NC(=O)NC1c1cn(-c2ccccc2)nc1-c1ccc(Cl)c(Cl)c1. The molecule has 31 heavy (non-hydrogen) atoms. The number of para-hydroxylation sites is 1. The van der Waals surface area contributed by atoms with Crippen LogP contribution in [0.15, 0.2) is 66.0 Å². The summed E-state index contributed by atoms with van der Waals surface area (Å²) in [5, 5.41) is 10.9. The predicted molar refractivity (Wildman–Crippen MR) is 118 cm³/mol. The third-order valence-electron chi connectivity index (χ3n) is 4.94. The van der Waals surface area contributed by atoms with Crippen molar-refractivity contribution < 1.29 is 14.3 Å². The zero-order chi connectivity index (χ0) is 22.1. The minimum absolute atomic E-state index is 0.288. The maximum absolute atomic E-state index is 12.6. The normalized spacial score (nSPS) is 16.0. The molecule has 0 fully saturated rings. The van der Waals surface area contributed by atoms with Crippen molar-refractivity contribution in [2.45, 2.75) is 13.0 Å². The van der Waals surface area contributed by atoms with Gasteiger partial charge in [0, 0.05) is 23.0 Å². The number of esters is 1. The molecule has 4 rings (SSSR count). The van der Waals surface area contributed by atoms with E-state index in [9.17, 15) is 9.59 Å². The third kappa shape index (κ3) is 4.02. The number of amides is 2. The number of aromatic nitrogens is 2. The van der Waals surface area contributed by atoms with Gasteiger partial charge in [0.05, 0.1) is 40.2 Å². The van der Waals surface area contributed by atoms with E-state index in [1.165, 1.54) is 7.11 Å². The van der Waals surface area contributed by atoms with Crippen molar-refractivity contribution in [1.82, 2.24) is 20.4 Å². The first-order valence-electron chi connectivity index (χ1n) is 9.36. The Kier molecular flexibility index (Phi) is 5.71. The molecule has 1 aromatic heterocycles. The fourth-order valence-electron chi connectivity index (χ4n) is 3.49. The van der Waals surface area contributed by atoms with Crippen molar-refractivity contribution in [1.29, 1.82) is 0 Å². The molecule has 0 saturated heterocycles. The van der Waals surface area contributed by atoms with E-state index in [-0.39, 0.29) is 5.57 Å². The van der Waals surface area contributed by atoms with Crippen LogP contribution in [-0.4, -0.2) is 28.9 Å².